The fourth-order valence-electron chi connectivity index (χ4n) is 2.74. The highest BCUT2D eigenvalue weighted by atomic mass is 79.9. The Morgan fingerprint density at radius 2 is 1.95 bits per heavy atom. The van der Waals surface area contributed by atoms with Crippen LogP contribution in [0.2, 0.25) is 0 Å². The lowest BCUT2D eigenvalue weighted by molar-refractivity contribution is -0.0393. The lowest BCUT2D eigenvalue weighted by Gasteiger charge is -2.33. The summed E-state index contributed by atoms with van der Waals surface area (Å²) in [6.45, 7) is 11.1. The fraction of sp³-hybridized carbons (Fsp3) is 0.941. The first-order valence-corrected chi connectivity index (χ1v) is 9.42. The molecule has 1 saturated carbocycles. The van der Waals surface area contributed by atoms with E-state index < -0.39 is 17.3 Å². The summed E-state index contributed by atoms with van der Waals surface area (Å²) in [7, 11) is 0. The Kier molecular flexibility index (Phi) is 7.66. The highest BCUT2D eigenvalue weighted by molar-refractivity contribution is 9.09. The van der Waals surface area contributed by atoms with E-state index >= 15 is 0 Å². The minimum absolute atomic E-state index is 0.394. The van der Waals surface area contributed by atoms with Gasteiger partial charge in [0.15, 0.2) is 0 Å². The van der Waals surface area contributed by atoms with Gasteiger partial charge in [-0.05, 0) is 52.4 Å². The number of carbonyl (C=O) groups is 1. The van der Waals surface area contributed by atoms with E-state index in [2.05, 4.69) is 28.2 Å². The van der Waals surface area contributed by atoms with Gasteiger partial charge in [0.05, 0.1) is 18.8 Å². The number of nitrogens with one attached hydrogen (secondary N) is 1. The Balaban J connectivity index is 2.38. The van der Waals surface area contributed by atoms with Crippen LogP contribution in [0.4, 0.5) is 4.79 Å². The molecule has 0 aromatic heterocycles. The van der Waals surface area contributed by atoms with Crippen molar-refractivity contribution in [2.75, 3.05) is 18.5 Å². The van der Waals surface area contributed by atoms with Crippen molar-refractivity contribution >= 4 is 22.0 Å². The van der Waals surface area contributed by atoms with Crippen molar-refractivity contribution in [2.24, 2.45) is 11.8 Å². The van der Waals surface area contributed by atoms with E-state index in [0.29, 0.717) is 17.8 Å². The van der Waals surface area contributed by atoms with Gasteiger partial charge in [0.25, 0.3) is 0 Å². The van der Waals surface area contributed by atoms with Crippen molar-refractivity contribution in [1.82, 2.24) is 5.32 Å². The molecule has 0 aromatic carbocycles. The monoisotopic (exact) mass is 377 g/mol. The van der Waals surface area contributed by atoms with Crippen LogP contribution in [0.5, 0.6) is 0 Å². The number of amides is 1. The molecule has 0 saturated heterocycles. The van der Waals surface area contributed by atoms with Crippen molar-refractivity contribution in [2.45, 2.75) is 71.5 Å². The van der Waals surface area contributed by atoms with Crippen LogP contribution in [0.3, 0.4) is 0 Å². The third-order valence-electron chi connectivity index (χ3n) is 4.00. The van der Waals surface area contributed by atoms with E-state index in [1.807, 2.05) is 27.7 Å². The van der Waals surface area contributed by atoms with Crippen LogP contribution in [-0.4, -0.2) is 35.8 Å². The molecule has 5 heteroatoms. The third-order valence-corrected chi connectivity index (χ3v) is 5.19. The molecule has 1 amide bonds. The van der Waals surface area contributed by atoms with Gasteiger partial charge in [0.2, 0.25) is 0 Å². The van der Waals surface area contributed by atoms with Crippen LogP contribution < -0.4 is 5.32 Å². The number of rotatable bonds is 6. The van der Waals surface area contributed by atoms with E-state index in [-0.39, 0.29) is 0 Å². The number of alkyl carbamates (subject to hydrolysis) is 1. The molecule has 0 aromatic rings. The molecular formula is C17H32BrNO3. The van der Waals surface area contributed by atoms with Crippen LogP contribution in [0.25, 0.3) is 0 Å². The first kappa shape index (κ1) is 19.8. The highest BCUT2D eigenvalue weighted by Gasteiger charge is 2.28. The number of alkyl halides is 1. The summed E-state index contributed by atoms with van der Waals surface area (Å²) in [5.74, 6) is 1.45. The zero-order valence-electron chi connectivity index (χ0n) is 14.7. The molecule has 3 unspecified atom stereocenters. The van der Waals surface area contributed by atoms with Crippen molar-refractivity contribution in [3.05, 3.63) is 0 Å². The summed E-state index contributed by atoms with van der Waals surface area (Å²) in [6, 6.07) is 0. The molecular weight excluding hydrogens is 346 g/mol. The first-order valence-electron chi connectivity index (χ1n) is 8.30. The number of carbonyl (C=O) groups excluding carboxylic acids is 1. The maximum atomic E-state index is 11.8. The topological polar surface area (TPSA) is 47.6 Å². The number of hydrogen-bond acceptors (Lipinski definition) is 3. The second-order valence-corrected chi connectivity index (χ2v) is 8.45. The molecule has 0 spiro atoms. The summed E-state index contributed by atoms with van der Waals surface area (Å²) in [5.41, 5.74) is -0.883. The minimum atomic E-state index is -0.478. The van der Waals surface area contributed by atoms with Crippen molar-refractivity contribution in [1.29, 1.82) is 0 Å². The summed E-state index contributed by atoms with van der Waals surface area (Å²) in [5, 5.41) is 3.49. The summed E-state index contributed by atoms with van der Waals surface area (Å²) in [6.07, 6.45) is 4.75. The molecule has 0 aliphatic heterocycles. The van der Waals surface area contributed by atoms with Gasteiger partial charge in [0, 0.05) is 5.33 Å². The minimum Gasteiger partial charge on any atom is -0.444 e. The van der Waals surface area contributed by atoms with Gasteiger partial charge in [0.1, 0.15) is 5.60 Å². The van der Waals surface area contributed by atoms with E-state index in [1.54, 1.807) is 0 Å². The molecule has 0 heterocycles. The van der Waals surface area contributed by atoms with Crippen LogP contribution in [0.15, 0.2) is 0 Å². The van der Waals surface area contributed by atoms with Gasteiger partial charge < -0.3 is 14.8 Å². The molecule has 0 radical (unpaired) electrons. The van der Waals surface area contributed by atoms with Gasteiger partial charge in [-0.15, -0.1) is 0 Å². The van der Waals surface area contributed by atoms with Crippen LogP contribution >= 0.6 is 15.9 Å². The maximum absolute atomic E-state index is 11.8. The molecule has 130 valence electrons. The normalized spacial score (nSPS) is 25.4. The standard InChI is InChI=1S/C17H32BrNO3/c1-13-7-6-8-14(9-13)10-21-17(5,11-18)12-19-15(20)22-16(2,3)4/h13-14H,6-12H2,1-5H3,(H,19,20). The molecule has 1 fully saturated rings. The second kappa shape index (κ2) is 8.53. The van der Waals surface area contributed by atoms with Crippen molar-refractivity contribution < 1.29 is 14.3 Å². The largest absolute Gasteiger partial charge is 0.444 e. The van der Waals surface area contributed by atoms with E-state index in [4.69, 9.17) is 9.47 Å². The zero-order valence-corrected chi connectivity index (χ0v) is 16.3. The Labute approximate surface area is 143 Å². The Morgan fingerprint density at radius 3 is 2.50 bits per heavy atom. The second-order valence-electron chi connectivity index (χ2n) is 7.89. The van der Waals surface area contributed by atoms with Gasteiger partial charge in [-0.2, -0.15) is 0 Å². The predicted octanol–water partition coefficient (Wildman–Crippen LogP) is 4.51. The van der Waals surface area contributed by atoms with Gasteiger partial charge in [-0.3, -0.25) is 0 Å². The third kappa shape index (κ3) is 7.82. The van der Waals surface area contributed by atoms with E-state index in [9.17, 15) is 4.79 Å². The van der Waals surface area contributed by atoms with Crippen LogP contribution in [0, 0.1) is 11.8 Å². The number of ether oxygens (including phenoxy) is 2. The number of halogens is 1. The van der Waals surface area contributed by atoms with E-state index in [0.717, 1.165) is 12.5 Å². The smallest absolute Gasteiger partial charge is 0.407 e. The van der Waals surface area contributed by atoms with Crippen LogP contribution in [0.1, 0.15) is 60.3 Å². The SMILES string of the molecule is CC1CCCC(COC(C)(CBr)CNC(=O)OC(C)(C)C)C1. The van der Waals surface area contributed by atoms with Crippen molar-refractivity contribution in [3.63, 3.8) is 0 Å². The summed E-state index contributed by atoms with van der Waals surface area (Å²) in [4.78, 5) is 11.8. The maximum Gasteiger partial charge on any atom is 0.407 e. The summed E-state index contributed by atoms with van der Waals surface area (Å²) >= 11 is 3.50. The molecule has 1 aliphatic rings. The predicted molar refractivity (Wildman–Crippen MR) is 93.5 cm³/mol. The summed E-state index contributed by atoms with van der Waals surface area (Å²) < 4.78 is 11.4. The average molecular weight is 378 g/mol. The molecule has 1 N–H and O–H groups in total. The fourth-order valence-corrected chi connectivity index (χ4v) is 3.10. The zero-order chi connectivity index (χ0) is 16.8. The molecule has 0 bridgehead atoms. The highest BCUT2D eigenvalue weighted by Crippen LogP contribution is 2.29. The lowest BCUT2D eigenvalue weighted by atomic mass is 9.83. The Hall–Kier alpha value is -0.290. The molecule has 3 atom stereocenters. The van der Waals surface area contributed by atoms with Gasteiger partial charge >= 0.3 is 6.09 Å². The Morgan fingerprint density at radius 1 is 1.27 bits per heavy atom. The molecule has 22 heavy (non-hydrogen) atoms. The first-order chi connectivity index (χ1) is 10.1. The Bertz CT molecular complexity index is 356. The van der Waals surface area contributed by atoms with Crippen molar-refractivity contribution in [3.8, 4) is 0 Å². The van der Waals surface area contributed by atoms with Gasteiger partial charge in [-0.25, -0.2) is 4.79 Å². The molecule has 1 aliphatic carbocycles. The lowest BCUT2D eigenvalue weighted by Crippen LogP contribution is -2.46. The molecule has 1 rings (SSSR count). The van der Waals surface area contributed by atoms with Crippen LogP contribution in [-0.2, 0) is 9.47 Å². The quantitative estimate of drug-likeness (QED) is 0.692. The average Bonchev–Trinajstić information content (AvgIpc) is 2.41. The number of hydrogen-bond donors (Lipinski definition) is 1. The van der Waals surface area contributed by atoms with Gasteiger partial charge in [-0.1, -0.05) is 35.7 Å². The molecule has 4 nitrogen and oxygen atoms in total. The van der Waals surface area contributed by atoms with E-state index in [1.165, 1.54) is 25.7 Å².